The molecule has 2 heterocycles. The molecule has 150 valence electrons. The molecule has 1 atom stereocenters. The van der Waals surface area contributed by atoms with Gasteiger partial charge in [0.2, 0.25) is 0 Å². The molecule has 0 spiro atoms. The molecule has 1 aliphatic heterocycles. The molecule has 1 unspecified atom stereocenters. The number of aromatic nitrogens is 2. The summed E-state index contributed by atoms with van der Waals surface area (Å²) >= 11 is 0. The first-order valence-electron chi connectivity index (χ1n) is 9.34. The molecule has 0 bridgehead atoms. The van der Waals surface area contributed by atoms with Crippen LogP contribution < -0.4 is 24.8 Å². The maximum absolute atomic E-state index is 11.9. The van der Waals surface area contributed by atoms with E-state index in [4.69, 9.17) is 14.2 Å². The van der Waals surface area contributed by atoms with Gasteiger partial charge in [-0.05, 0) is 49.5 Å². The van der Waals surface area contributed by atoms with Crippen LogP contribution >= 0.6 is 0 Å². The average Bonchev–Trinajstić information content (AvgIpc) is 2.76. The summed E-state index contributed by atoms with van der Waals surface area (Å²) in [6.07, 6.45) is 5.58. The number of nitrogens with one attached hydrogen (secondary N) is 2. The second kappa shape index (κ2) is 9.89. The van der Waals surface area contributed by atoms with Gasteiger partial charge in [0.05, 0.1) is 14.2 Å². The first-order chi connectivity index (χ1) is 13.7. The number of carbonyl (C=O) groups is 1. The monoisotopic (exact) mass is 386 g/mol. The number of ether oxygens (including phenoxy) is 3. The van der Waals surface area contributed by atoms with Crippen molar-refractivity contribution in [3.63, 3.8) is 0 Å². The Kier molecular flexibility index (Phi) is 7.02. The molecule has 8 nitrogen and oxygen atoms in total. The standard InChI is InChI=1S/C20H26N4O4/c1-26-17-6-5-15(8-18(17)27-2)16-11-23-20(24-12-16)28-13-19(25)22-10-14-4-3-7-21-9-14/h5-6,8,11-12,14,21H,3-4,7,9-10,13H2,1-2H3,(H,22,25). The van der Waals surface area contributed by atoms with Crippen LogP contribution in [-0.2, 0) is 4.79 Å². The predicted octanol–water partition coefficient (Wildman–Crippen LogP) is 1.66. The molecule has 3 rings (SSSR count). The summed E-state index contributed by atoms with van der Waals surface area (Å²) in [7, 11) is 3.18. The number of nitrogens with zero attached hydrogens (tertiary/aromatic N) is 2. The van der Waals surface area contributed by atoms with Gasteiger partial charge in [0.15, 0.2) is 18.1 Å². The highest BCUT2D eigenvalue weighted by molar-refractivity contribution is 5.77. The third kappa shape index (κ3) is 5.32. The van der Waals surface area contributed by atoms with Crippen LogP contribution in [0.1, 0.15) is 12.8 Å². The first-order valence-corrected chi connectivity index (χ1v) is 9.34. The van der Waals surface area contributed by atoms with E-state index in [-0.39, 0.29) is 18.5 Å². The Hall–Kier alpha value is -2.87. The molecule has 0 radical (unpaired) electrons. The lowest BCUT2D eigenvalue weighted by Gasteiger charge is -2.22. The van der Waals surface area contributed by atoms with E-state index in [9.17, 15) is 4.79 Å². The lowest BCUT2D eigenvalue weighted by atomic mass is 10.00. The minimum Gasteiger partial charge on any atom is -0.493 e. The Labute approximate surface area is 164 Å². The van der Waals surface area contributed by atoms with E-state index < -0.39 is 0 Å². The molecule has 0 saturated carbocycles. The zero-order chi connectivity index (χ0) is 19.8. The van der Waals surface area contributed by atoms with E-state index in [0.717, 1.165) is 37.1 Å². The van der Waals surface area contributed by atoms with Crippen LogP contribution in [0, 0.1) is 5.92 Å². The molecule has 8 heteroatoms. The highest BCUT2D eigenvalue weighted by Crippen LogP contribution is 2.31. The summed E-state index contributed by atoms with van der Waals surface area (Å²) in [5.41, 5.74) is 1.70. The second-order valence-corrected chi connectivity index (χ2v) is 6.63. The summed E-state index contributed by atoms with van der Waals surface area (Å²) in [5, 5.41) is 6.23. The van der Waals surface area contributed by atoms with Crippen LogP contribution in [-0.4, -0.2) is 56.3 Å². The van der Waals surface area contributed by atoms with E-state index in [1.54, 1.807) is 26.6 Å². The molecular formula is C20H26N4O4. The number of benzene rings is 1. The van der Waals surface area contributed by atoms with Gasteiger partial charge >= 0.3 is 6.01 Å². The van der Waals surface area contributed by atoms with Crippen molar-refractivity contribution < 1.29 is 19.0 Å². The van der Waals surface area contributed by atoms with Crippen molar-refractivity contribution in [2.75, 3.05) is 40.5 Å². The Balaban J connectivity index is 1.51. The predicted molar refractivity (Wildman–Crippen MR) is 105 cm³/mol. The van der Waals surface area contributed by atoms with Crippen LogP contribution in [0.4, 0.5) is 0 Å². The second-order valence-electron chi connectivity index (χ2n) is 6.63. The van der Waals surface area contributed by atoms with Crippen molar-refractivity contribution >= 4 is 5.91 Å². The third-order valence-corrected chi connectivity index (χ3v) is 4.66. The highest BCUT2D eigenvalue weighted by atomic mass is 16.5. The van der Waals surface area contributed by atoms with E-state index in [2.05, 4.69) is 20.6 Å². The molecule has 1 saturated heterocycles. The number of carbonyl (C=O) groups excluding carboxylic acids is 1. The SMILES string of the molecule is COc1ccc(-c2cnc(OCC(=O)NCC3CCCNC3)nc2)cc1OC. The lowest BCUT2D eigenvalue weighted by molar-refractivity contribution is -0.123. The molecule has 1 fully saturated rings. The Morgan fingerprint density at radius 3 is 2.64 bits per heavy atom. The van der Waals surface area contributed by atoms with E-state index in [1.165, 1.54) is 0 Å². The molecular weight excluding hydrogens is 360 g/mol. The number of amides is 1. The number of methoxy groups -OCH3 is 2. The molecule has 1 aromatic carbocycles. The van der Waals surface area contributed by atoms with E-state index in [0.29, 0.717) is 24.0 Å². The summed E-state index contributed by atoms with van der Waals surface area (Å²) in [5.74, 6) is 1.60. The number of hydrogen-bond acceptors (Lipinski definition) is 7. The molecule has 2 N–H and O–H groups in total. The molecule has 1 aliphatic rings. The van der Waals surface area contributed by atoms with E-state index >= 15 is 0 Å². The van der Waals surface area contributed by atoms with Gasteiger partial charge in [0, 0.05) is 24.5 Å². The van der Waals surface area contributed by atoms with Crippen molar-refractivity contribution in [3.05, 3.63) is 30.6 Å². The summed E-state index contributed by atoms with van der Waals surface area (Å²) in [6, 6.07) is 5.74. The van der Waals surface area contributed by atoms with Crippen LogP contribution in [0.25, 0.3) is 11.1 Å². The fraction of sp³-hybridized carbons (Fsp3) is 0.450. The maximum Gasteiger partial charge on any atom is 0.316 e. The molecule has 28 heavy (non-hydrogen) atoms. The zero-order valence-corrected chi connectivity index (χ0v) is 16.2. The number of hydrogen-bond donors (Lipinski definition) is 2. The maximum atomic E-state index is 11.9. The van der Waals surface area contributed by atoms with Gasteiger partial charge in [0.25, 0.3) is 5.91 Å². The van der Waals surface area contributed by atoms with Gasteiger partial charge < -0.3 is 24.8 Å². The highest BCUT2D eigenvalue weighted by Gasteiger charge is 2.14. The summed E-state index contributed by atoms with van der Waals surface area (Å²) < 4.78 is 15.9. The molecule has 1 amide bonds. The van der Waals surface area contributed by atoms with Gasteiger partial charge in [-0.25, -0.2) is 9.97 Å². The summed E-state index contributed by atoms with van der Waals surface area (Å²) in [6.45, 7) is 2.57. The lowest BCUT2D eigenvalue weighted by Crippen LogP contribution is -2.39. The van der Waals surface area contributed by atoms with Crippen molar-refractivity contribution in [1.82, 2.24) is 20.6 Å². The van der Waals surface area contributed by atoms with Crippen molar-refractivity contribution in [2.24, 2.45) is 5.92 Å². The zero-order valence-electron chi connectivity index (χ0n) is 16.2. The largest absolute Gasteiger partial charge is 0.493 e. The van der Waals surface area contributed by atoms with Crippen LogP contribution in [0.2, 0.25) is 0 Å². The summed E-state index contributed by atoms with van der Waals surface area (Å²) in [4.78, 5) is 20.3. The number of rotatable bonds is 8. The quantitative estimate of drug-likeness (QED) is 0.712. The van der Waals surface area contributed by atoms with Gasteiger partial charge in [-0.3, -0.25) is 4.79 Å². The van der Waals surface area contributed by atoms with Crippen LogP contribution in [0.3, 0.4) is 0 Å². The van der Waals surface area contributed by atoms with Crippen molar-refractivity contribution in [3.8, 4) is 28.6 Å². The van der Waals surface area contributed by atoms with Gasteiger partial charge in [-0.2, -0.15) is 0 Å². The van der Waals surface area contributed by atoms with Gasteiger partial charge in [-0.15, -0.1) is 0 Å². The Morgan fingerprint density at radius 1 is 1.18 bits per heavy atom. The normalized spacial score (nSPS) is 16.3. The molecule has 1 aromatic heterocycles. The van der Waals surface area contributed by atoms with Crippen LogP contribution in [0.5, 0.6) is 17.5 Å². The van der Waals surface area contributed by atoms with Crippen molar-refractivity contribution in [1.29, 1.82) is 0 Å². The van der Waals surface area contributed by atoms with Gasteiger partial charge in [0.1, 0.15) is 0 Å². The first kappa shape index (κ1) is 19.9. The topological polar surface area (TPSA) is 94.6 Å². The third-order valence-electron chi connectivity index (χ3n) is 4.66. The van der Waals surface area contributed by atoms with Crippen LogP contribution in [0.15, 0.2) is 30.6 Å². The smallest absolute Gasteiger partial charge is 0.316 e. The fourth-order valence-electron chi connectivity index (χ4n) is 3.09. The number of piperidine rings is 1. The molecule has 2 aromatic rings. The average molecular weight is 386 g/mol. The minimum atomic E-state index is -0.168. The Morgan fingerprint density at radius 2 is 1.96 bits per heavy atom. The molecule has 0 aliphatic carbocycles. The fourth-order valence-corrected chi connectivity index (χ4v) is 3.09. The minimum absolute atomic E-state index is 0.101. The Bertz CT molecular complexity index is 776. The van der Waals surface area contributed by atoms with E-state index in [1.807, 2.05) is 18.2 Å². The van der Waals surface area contributed by atoms with Gasteiger partial charge in [-0.1, -0.05) is 6.07 Å². The van der Waals surface area contributed by atoms with Crippen molar-refractivity contribution in [2.45, 2.75) is 12.8 Å².